The number of carbonyl (C=O) groups is 1. The number of likely N-dealkylation sites (N-methyl/N-ethyl adjacent to an activating group) is 1. The molecule has 0 atom stereocenters. The molecule has 2 aromatic rings. The lowest BCUT2D eigenvalue weighted by molar-refractivity contribution is 0.0749. The highest BCUT2D eigenvalue weighted by Gasteiger charge is 2.19. The van der Waals surface area contributed by atoms with Crippen LogP contribution in [0, 0.1) is 0 Å². The summed E-state index contributed by atoms with van der Waals surface area (Å²) in [6.45, 7) is 0.718. The summed E-state index contributed by atoms with van der Waals surface area (Å²) in [6.07, 6.45) is 2.40. The van der Waals surface area contributed by atoms with E-state index in [0.717, 1.165) is 5.69 Å². The molecule has 0 fully saturated rings. The highest BCUT2D eigenvalue weighted by atomic mass is 16.5. The normalized spacial score (nSPS) is 10.5. The molecule has 2 heterocycles. The Morgan fingerprint density at radius 1 is 1.40 bits per heavy atom. The predicted octanol–water partition coefficient (Wildman–Crippen LogP) is 0.926. The summed E-state index contributed by atoms with van der Waals surface area (Å²) in [5, 5.41) is 7.43. The fourth-order valence-corrected chi connectivity index (χ4v) is 1.61. The fourth-order valence-electron chi connectivity index (χ4n) is 1.61. The van der Waals surface area contributed by atoms with Gasteiger partial charge >= 0.3 is 11.8 Å². The van der Waals surface area contributed by atoms with Crippen molar-refractivity contribution >= 4 is 5.91 Å². The summed E-state index contributed by atoms with van der Waals surface area (Å²) in [5.41, 5.74) is 0.928. The molecular formula is C13H16N4O3. The SMILES string of the molecule is COCc1nnc(C(=O)N(C)CCc2ccccn2)o1. The van der Waals surface area contributed by atoms with E-state index in [0.29, 0.717) is 13.0 Å². The molecule has 7 heteroatoms. The molecule has 0 aliphatic heterocycles. The zero-order chi connectivity index (χ0) is 14.4. The lowest BCUT2D eigenvalue weighted by Gasteiger charge is -2.14. The Balaban J connectivity index is 1.91. The minimum Gasteiger partial charge on any atom is -0.414 e. The van der Waals surface area contributed by atoms with Crippen LogP contribution in [0.1, 0.15) is 22.3 Å². The molecule has 0 bridgehead atoms. The largest absolute Gasteiger partial charge is 0.414 e. The molecule has 0 unspecified atom stereocenters. The zero-order valence-corrected chi connectivity index (χ0v) is 11.4. The Bertz CT molecular complexity index is 556. The molecule has 0 N–H and O–H groups in total. The van der Waals surface area contributed by atoms with E-state index < -0.39 is 0 Å². The highest BCUT2D eigenvalue weighted by Crippen LogP contribution is 2.05. The van der Waals surface area contributed by atoms with Gasteiger partial charge in [0.2, 0.25) is 5.89 Å². The summed E-state index contributed by atoms with van der Waals surface area (Å²) in [7, 11) is 3.20. The van der Waals surface area contributed by atoms with Gasteiger partial charge in [-0.2, -0.15) is 0 Å². The van der Waals surface area contributed by atoms with Crippen LogP contribution in [0.4, 0.5) is 0 Å². The van der Waals surface area contributed by atoms with Crippen LogP contribution in [0.15, 0.2) is 28.8 Å². The maximum Gasteiger partial charge on any atom is 0.311 e. The second-order valence-corrected chi connectivity index (χ2v) is 4.23. The van der Waals surface area contributed by atoms with Gasteiger partial charge in [0.15, 0.2) is 0 Å². The highest BCUT2D eigenvalue weighted by molar-refractivity contribution is 5.89. The van der Waals surface area contributed by atoms with Gasteiger partial charge in [0, 0.05) is 39.0 Å². The molecular weight excluding hydrogens is 260 g/mol. The van der Waals surface area contributed by atoms with Crippen molar-refractivity contribution in [2.75, 3.05) is 20.7 Å². The first-order valence-corrected chi connectivity index (χ1v) is 6.17. The van der Waals surface area contributed by atoms with E-state index in [1.165, 1.54) is 12.0 Å². The topological polar surface area (TPSA) is 81.4 Å². The van der Waals surface area contributed by atoms with Crippen molar-refractivity contribution in [3.8, 4) is 0 Å². The average Bonchev–Trinajstić information content (AvgIpc) is 2.94. The third-order valence-corrected chi connectivity index (χ3v) is 2.69. The van der Waals surface area contributed by atoms with Crippen LogP contribution in [0.25, 0.3) is 0 Å². The van der Waals surface area contributed by atoms with Crippen molar-refractivity contribution < 1.29 is 13.9 Å². The van der Waals surface area contributed by atoms with Gasteiger partial charge in [-0.3, -0.25) is 9.78 Å². The maximum absolute atomic E-state index is 12.1. The van der Waals surface area contributed by atoms with Crippen molar-refractivity contribution in [1.29, 1.82) is 0 Å². The van der Waals surface area contributed by atoms with Crippen molar-refractivity contribution in [3.05, 3.63) is 41.9 Å². The Morgan fingerprint density at radius 3 is 2.95 bits per heavy atom. The van der Waals surface area contributed by atoms with Crippen molar-refractivity contribution in [3.63, 3.8) is 0 Å². The lowest BCUT2D eigenvalue weighted by atomic mass is 10.2. The number of hydrogen-bond acceptors (Lipinski definition) is 6. The van der Waals surface area contributed by atoms with E-state index in [2.05, 4.69) is 15.2 Å². The van der Waals surface area contributed by atoms with Gasteiger partial charge in [-0.25, -0.2) is 0 Å². The molecule has 0 saturated heterocycles. The van der Waals surface area contributed by atoms with E-state index >= 15 is 0 Å². The summed E-state index contributed by atoms with van der Waals surface area (Å²) in [5.74, 6) is -0.0506. The van der Waals surface area contributed by atoms with Crippen LogP contribution < -0.4 is 0 Å². The first-order valence-electron chi connectivity index (χ1n) is 6.17. The number of hydrogen-bond donors (Lipinski definition) is 0. The van der Waals surface area contributed by atoms with Gasteiger partial charge in [-0.05, 0) is 12.1 Å². The molecule has 0 saturated carbocycles. The Labute approximate surface area is 116 Å². The molecule has 2 aromatic heterocycles. The first kappa shape index (κ1) is 14.1. The van der Waals surface area contributed by atoms with Crippen molar-refractivity contribution in [2.45, 2.75) is 13.0 Å². The van der Waals surface area contributed by atoms with E-state index in [9.17, 15) is 4.79 Å². The number of carbonyl (C=O) groups excluding carboxylic acids is 1. The Kier molecular flexibility index (Phi) is 4.78. The lowest BCUT2D eigenvalue weighted by Crippen LogP contribution is -2.29. The quantitative estimate of drug-likeness (QED) is 0.780. The molecule has 7 nitrogen and oxygen atoms in total. The van der Waals surface area contributed by atoms with E-state index in [1.54, 1.807) is 13.2 Å². The fraction of sp³-hybridized carbons (Fsp3) is 0.385. The molecule has 106 valence electrons. The van der Waals surface area contributed by atoms with E-state index in [1.807, 2.05) is 18.2 Å². The van der Waals surface area contributed by atoms with Gasteiger partial charge in [-0.1, -0.05) is 6.07 Å². The molecule has 0 aliphatic carbocycles. The number of ether oxygens (including phenoxy) is 1. The Morgan fingerprint density at radius 2 is 2.25 bits per heavy atom. The molecule has 2 rings (SSSR count). The third kappa shape index (κ3) is 3.61. The number of methoxy groups -OCH3 is 1. The van der Waals surface area contributed by atoms with Crippen molar-refractivity contribution in [1.82, 2.24) is 20.1 Å². The van der Waals surface area contributed by atoms with Crippen LogP contribution in [0.2, 0.25) is 0 Å². The van der Waals surface area contributed by atoms with E-state index in [-0.39, 0.29) is 24.3 Å². The molecule has 0 aliphatic rings. The van der Waals surface area contributed by atoms with Crippen molar-refractivity contribution in [2.24, 2.45) is 0 Å². The number of rotatable bonds is 6. The molecule has 0 radical (unpaired) electrons. The van der Waals surface area contributed by atoms with Gasteiger partial charge in [0.05, 0.1) is 0 Å². The smallest absolute Gasteiger partial charge is 0.311 e. The second-order valence-electron chi connectivity index (χ2n) is 4.23. The monoisotopic (exact) mass is 276 g/mol. The maximum atomic E-state index is 12.1. The molecule has 0 spiro atoms. The predicted molar refractivity (Wildman–Crippen MR) is 69.9 cm³/mol. The van der Waals surface area contributed by atoms with Crippen LogP contribution in [-0.4, -0.2) is 46.7 Å². The van der Waals surface area contributed by atoms with Gasteiger partial charge in [0.1, 0.15) is 6.61 Å². The van der Waals surface area contributed by atoms with Crippen LogP contribution in [0.5, 0.6) is 0 Å². The number of amides is 1. The molecule has 1 amide bonds. The second kappa shape index (κ2) is 6.76. The number of nitrogens with zero attached hydrogens (tertiary/aromatic N) is 4. The molecule has 20 heavy (non-hydrogen) atoms. The number of aromatic nitrogens is 3. The summed E-state index contributed by atoms with van der Waals surface area (Å²) in [4.78, 5) is 17.8. The summed E-state index contributed by atoms with van der Waals surface area (Å²) in [6, 6.07) is 5.69. The van der Waals surface area contributed by atoms with Crippen LogP contribution in [-0.2, 0) is 17.8 Å². The van der Waals surface area contributed by atoms with Gasteiger partial charge in [-0.15, -0.1) is 10.2 Å². The van der Waals surface area contributed by atoms with Gasteiger partial charge in [0.25, 0.3) is 0 Å². The minimum absolute atomic E-state index is 0.0272. The average molecular weight is 276 g/mol. The Hall–Kier alpha value is -2.28. The zero-order valence-electron chi connectivity index (χ0n) is 11.4. The number of pyridine rings is 1. The first-order chi connectivity index (χ1) is 9.70. The van der Waals surface area contributed by atoms with Crippen LogP contribution in [0.3, 0.4) is 0 Å². The minimum atomic E-state index is -0.309. The third-order valence-electron chi connectivity index (χ3n) is 2.69. The summed E-state index contributed by atoms with van der Waals surface area (Å²) >= 11 is 0. The van der Waals surface area contributed by atoms with Gasteiger partial charge < -0.3 is 14.1 Å². The standard InChI is InChI=1S/C13H16N4O3/c1-17(8-6-10-5-3-4-7-14-10)13(18)12-16-15-11(20-12)9-19-2/h3-5,7H,6,8-9H2,1-2H3. The molecule has 0 aromatic carbocycles. The van der Waals surface area contributed by atoms with Crippen LogP contribution >= 0.6 is 0 Å². The van der Waals surface area contributed by atoms with E-state index in [4.69, 9.17) is 9.15 Å². The summed E-state index contributed by atoms with van der Waals surface area (Å²) < 4.78 is 10.1.